The standard InChI is InChI=1S/C24H27FN4O2/c1-17-4-3-5-18(2)22(17)14-21(30)15-28-10-12-29(13-11-28)16-23-26-24(27-31-23)19-6-8-20(25)9-7-19/h3-9H,10-16H2,1-2H3. The highest BCUT2D eigenvalue weighted by atomic mass is 19.1. The van der Waals surface area contributed by atoms with Crippen LogP contribution < -0.4 is 0 Å². The fourth-order valence-corrected chi connectivity index (χ4v) is 3.96. The highest BCUT2D eigenvalue weighted by Gasteiger charge is 2.21. The average molecular weight is 423 g/mol. The first-order valence-corrected chi connectivity index (χ1v) is 10.6. The van der Waals surface area contributed by atoms with Gasteiger partial charge in [-0.3, -0.25) is 14.6 Å². The van der Waals surface area contributed by atoms with E-state index in [1.54, 1.807) is 12.1 Å². The van der Waals surface area contributed by atoms with Crippen LogP contribution in [0.2, 0.25) is 0 Å². The van der Waals surface area contributed by atoms with Crippen molar-refractivity contribution in [3.63, 3.8) is 0 Å². The quantitative estimate of drug-likeness (QED) is 0.581. The molecule has 0 saturated carbocycles. The number of piperazine rings is 1. The van der Waals surface area contributed by atoms with E-state index in [-0.39, 0.29) is 11.6 Å². The lowest BCUT2D eigenvalue weighted by atomic mass is 9.98. The maximum absolute atomic E-state index is 13.1. The Morgan fingerprint density at radius 2 is 1.65 bits per heavy atom. The van der Waals surface area contributed by atoms with Gasteiger partial charge in [-0.15, -0.1) is 0 Å². The minimum Gasteiger partial charge on any atom is -0.338 e. The average Bonchev–Trinajstić information content (AvgIpc) is 3.21. The molecule has 0 bridgehead atoms. The molecular formula is C24H27FN4O2. The number of halogens is 1. The lowest BCUT2D eigenvalue weighted by Gasteiger charge is -2.33. The molecule has 1 fully saturated rings. The first kappa shape index (κ1) is 21.3. The Morgan fingerprint density at radius 1 is 1.00 bits per heavy atom. The number of rotatable bonds is 7. The molecule has 31 heavy (non-hydrogen) atoms. The molecule has 0 spiro atoms. The lowest BCUT2D eigenvalue weighted by molar-refractivity contribution is -0.120. The summed E-state index contributed by atoms with van der Waals surface area (Å²) < 4.78 is 18.4. The third-order valence-corrected chi connectivity index (χ3v) is 5.81. The van der Waals surface area contributed by atoms with Crippen molar-refractivity contribution in [1.29, 1.82) is 0 Å². The van der Waals surface area contributed by atoms with E-state index in [4.69, 9.17) is 4.52 Å². The monoisotopic (exact) mass is 422 g/mol. The van der Waals surface area contributed by atoms with E-state index in [1.807, 2.05) is 6.07 Å². The van der Waals surface area contributed by atoms with Gasteiger partial charge < -0.3 is 4.52 Å². The number of hydrogen-bond acceptors (Lipinski definition) is 6. The van der Waals surface area contributed by atoms with Gasteiger partial charge in [-0.05, 0) is 54.8 Å². The second kappa shape index (κ2) is 9.49. The molecule has 7 heteroatoms. The van der Waals surface area contributed by atoms with Crippen molar-refractivity contribution in [3.05, 3.63) is 70.9 Å². The van der Waals surface area contributed by atoms with Gasteiger partial charge in [-0.1, -0.05) is 23.4 Å². The van der Waals surface area contributed by atoms with Crippen molar-refractivity contribution < 1.29 is 13.7 Å². The van der Waals surface area contributed by atoms with Gasteiger partial charge in [0, 0.05) is 38.2 Å². The van der Waals surface area contributed by atoms with E-state index in [0.29, 0.717) is 31.2 Å². The Hall–Kier alpha value is -2.90. The van der Waals surface area contributed by atoms with Gasteiger partial charge in [-0.25, -0.2) is 4.39 Å². The number of nitrogens with zero attached hydrogens (tertiary/aromatic N) is 4. The Bertz CT molecular complexity index is 1020. The van der Waals surface area contributed by atoms with E-state index in [0.717, 1.165) is 37.3 Å². The normalized spacial score (nSPS) is 15.3. The Balaban J connectivity index is 1.25. The Morgan fingerprint density at radius 3 is 2.32 bits per heavy atom. The first-order valence-electron chi connectivity index (χ1n) is 10.6. The summed E-state index contributed by atoms with van der Waals surface area (Å²) in [7, 11) is 0. The molecule has 4 rings (SSSR count). The molecule has 162 valence electrons. The fourth-order valence-electron chi connectivity index (χ4n) is 3.96. The van der Waals surface area contributed by atoms with Crippen LogP contribution in [0.4, 0.5) is 4.39 Å². The molecular weight excluding hydrogens is 395 g/mol. The maximum atomic E-state index is 13.1. The number of aryl methyl sites for hydroxylation is 2. The van der Waals surface area contributed by atoms with E-state index >= 15 is 0 Å². The van der Waals surface area contributed by atoms with E-state index in [9.17, 15) is 9.18 Å². The zero-order chi connectivity index (χ0) is 21.8. The molecule has 0 aliphatic carbocycles. The van der Waals surface area contributed by atoms with Gasteiger partial charge in [0.25, 0.3) is 0 Å². The largest absolute Gasteiger partial charge is 0.338 e. The number of carbonyl (C=O) groups excluding carboxylic acids is 1. The molecule has 1 aliphatic rings. The van der Waals surface area contributed by atoms with Gasteiger partial charge in [0.15, 0.2) is 5.78 Å². The Kier molecular flexibility index (Phi) is 6.53. The smallest absolute Gasteiger partial charge is 0.241 e. The van der Waals surface area contributed by atoms with Crippen molar-refractivity contribution in [2.45, 2.75) is 26.8 Å². The van der Waals surface area contributed by atoms with E-state index in [2.05, 4.69) is 45.9 Å². The number of hydrogen-bond donors (Lipinski definition) is 0. The fraction of sp³-hybridized carbons (Fsp3) is 0.375. The van der Waals surface area contributed by atoms with E-state index < -0.39 is 0 Å². The summed E-state index contributed by atoms with van der Waals surface area (Å²) in [5.74, 6) is 0.967. The van der Waals surface area contributed by atoms with Crippen LogP contribution in [-0.4, -0.2) is 58.4 Å². The summed E-state index contributed by atoms with van der Waals surface area (Å²) in [5, 5.41) is 4.00. The zero-order valence-electron chi connectivity index (χ0n) is 18.0. The van der Waals surface area contributed by atoms with Crippen molar-refractivity contribution in [2.75, 3.05) is 32.7 Å². The summed E-state index contributed by atoms with van der Waals surface area (Å²) in [5.41, 5.74) is 4.23. The van der Waals surface area contributed by atoms with Crippen LogP contribution in [0.1, 0.15) is 22.6 Å². The van der Waals surface area contributed by atoms with E-state index in [1.165, 1.54) is 23.3 Å². The molecule has 0 atom stereocenters. The second-order valence-corrected chi connectivity index (χ2v) is 8.16. The molecule has 0 amide bonds. The number of carbonyl (C=O) groups is 1. The van der Waals surface area contributed by atoms with Crippen LogP contribution >= 0.6 is 0 Å². The van der Waals surface area contributed by atoms with Crippen molar-refractivity contribution in [3.8, 4) is 11.4 Å². The molecule has 1 aliphatic heterocycles. The maximum Gasteiger partial charge on any atom is 0.241 e. The summed E-state index contributed by atoms with van der Waals surface area (Å²) in [6.07, 6.45) is 0.493. The van der Waals surface area contributed by atoms with Crippen LogP contribution in [0.25, 0.3) is 11.4 Å². The summed E-state index contributed by atoms with van der Waals surface area (Å²) in [6.45, 7) is 8.51. The second-order valence-electron chi connectivity index (χ2n) is 8.16. The third kappa shape index (κ3) is 5.42. The number of aromatic nitrogens is 2. The van der Waals surface area contributed by atoms with Crippen molar-refractivity contribution in [1.82, 2.24) is 19.9 Å². The van der Waals surface area contributed by atoms with Crippen LogP contribution in [0.3, 0.4) is 0 Å². The Labute approximate surface area is 181 Å². The minimum absolute atomic E-state index is 0.256. The van der Waals surface area contributed by atoms with Gasteiger partial charge in [-0.2, -0.15) is 4.98 Å². The summed E-state index contributed by atoms with van der Waals surface area (Å²) in [6, 6.07) is 12.2. The third-order valence-electron chi connectivity index (χ3n) is 5.81. The van der Waals surface area contributed by atoms with Crippen LogP contribution in [0.15, 0.2) is 47.0 Å². The molecule has 3 aromatic rings. The van der Waals surface area contributed by atoms with Gasteiger partial charge in [0.05, 0.1) is 13.1 Å². The molecule has 0 unspecified atom stereocenters. The minimum atomic E-state index is -0.294. The predicted octanol–water partition coefficient (Wildman–Crippen LogP) is 3.42. The van der Waals surface area contributed by atoms with Crippen LogP contribution in [-0.2, 0) is 17.8 Å². The molecule has 0 N–H and O–H groups in total. The number of Topliss-reactive ketones (excluding diaryl/α,β-unsaturated/α-hetero) is 1. The molecule has 1 saturated heterocycles. The molecule has 2 aromatic carbocycles. The van der Waals surface area contributed by atoms with Crippen molar-refractivity contribution in [2.24, 2.45) is 0 Å². The summed E-state index contributed by atoms with van der Waals surface area (Å²) >= 11 is 0. The van der Waals surface area contributed by atoms with Gasteiger partial charge in [0.1, 0.15) is 5.82 Å². The van der Waals surface area contributed by atoms with Gasteiger partial charge in [0.2, 0.25) is 11.7 Å². The molecule has 1 aromatic heterocycles. The SMILES string of the molecule is Cc1cccc(C)c1CC(=O)CN1CCN(Cc2nc(-c3ccc(F)cc3)no2)CC1. The highest BCUT2D eigenvalue weighted by molar-refractivity contribution is 5.83. The van der Waals surface area contributed by atoms with Crippen LogP contribution in [0.5, 0.6) is 0 Å². The first-order chi connectivity index (χ1) is 15.0. The number of ketones is 1. The predicted molar refractivity (Wildman–Crippen MR) is 116 cm³/mol. The highest BCUT2D eigenvalue weighted by Crippen LogP contribution is 2.18. The molecule has 6 nitrogen and oxygen atoms in total. The topological polar surface area (TPSA) is 62.5 Å². The van der Waals surface area contributed by atoms with Gasteiger partial charge >= 0.3 is 0 Å². The molecule has 0 radical (unpaired) electrons. The summed E-state index contributed by atoms with van der Waals surface area (Å²) in [4.78, 5) is 21.5. The number of benzene rings is 2. The zero-order valence-corrected chi connectivity index (χ0v) is 18.0. The van der Waals surface area contributed by atoms with Crippen molar-refractivity contribution >= 4 is 5.78 Å². The lowest BCUT2D eigenvalue weighted by Crippen LogP contribution is -2.47. The molecule has 2 heterocycles. The van der Waals surface area contributed by atoms with Crippen LogP contribution in [0, 0.1) is 19.7 Å².